The number of nitrogens with zero attached hydrogens (tertiary/aromatic N) is 1. The SMILES string of the molecule is CC1=CC[C@H]2C(=O)N(c3cccc(OC(=O)c4ccccc4C)c3)C(=O)[C@@H]2C1. The summed E-state index contributed by atoms with van der Waals surface area (Å²) in [6.07, 6.45) is 3.25. The molecular weight excluding hydrogens is 354 g/mol. The molecule has 1 heterocycles. The van der Waals surface area contributed by atoms with Crippen molar-refractivity contribution in [2.24, 2.45) is 11.8 Å². The van der Waals surface area contributed by atoms with E-state index in [2.05, 4.69) is 0 Å². The van der Waals surface area contributed by atoms with E-state index in [4.69, 9.17) is 4.74 Å². The second-order valence-electron chi connectivity index (χ2n) is 7.42. The smallest absolute Gasteiger partial charge is 0.343 e. The minimum Gasteiger partial charge on any atom is -0.423 e. The van der Waals surface area contributed by atoms with E-state index in [1.807, 2.05) is 32.1 Å². The Hall–Kier alpha value is -3.21. The molecule has 4 rings (SSSR count). The summed E-state index contributed by atoms with van der Waals surface area (Å²) in [5, 5.41) is 0. The number of amides is 2. The predicted octanol–water partition coefficient (Wildman–Crippen LogP) is 4.06. The van der Waals surface area contributed by atoms with Crippen molar-refractivity contribution < 1.29 is 19.1 Å². The maximum Gasteiger partial charge on any atom is 0.343 e. The van der Waals surface area contributed by atoms with Gasteiger partial charge in [0.2, 0.25) is 11.8 Å². The Balaban J connectivity index is 1.58. The van der Waals surface area contributed by atoms with Crippen molar-refractivity contribution in [1.29, 1.82) is 0 Å². The number of carbonyl (C=O) groups is 3. The number of hydrogen-bond acceptors (Lipinski definition) is 4. The lowest BCUT2D eigenvalue weighted by Crippen LogP contribution is -2.30. The molecule has 0 aromatic heterocycles. The van der Waals surface area contributed by atoms with Gasteiger partial charge in [-0.15, -0.1) is 0 Å². The molecule has 1 aliphatic carbocycles. The highest BCUT2D eigenvalue weighted by atomic mass is 16.5. The van der Waals surface area contributed by atoms with Crippen LogP contribution in [0.5, 0.6) is 5.75 Å². The van der Waals surface area contributed by atoms with Crippen LogP contribution in [0.15, 0.2) is 60.2 Å². The van der Waals surface area contributed by atoms with E-state index >= 15 is 0 Å². The Morgan fingerprint density at radius 3 is 2.54 bits per heavy atom. The molecule has 0 spiro atoms. The van der Waals surface area contributed by atoms with E-state index in [-0.39, 0.29) is 23.7 Å². The Kier molecular flexibility index (Phi) is 4.59. The number of esters is 1. The number of carbonyl (C=O) groups excluding carboxylic acids is 3. The largest absolute Gasteiger partial charge is 0.423 e. The number of anilines is 1. The normalized spacial score (nSPS) is 21.4. The van der Waals surface area contributed by atoms with Gasteiger partial charge in [-0.05, 0) is 50.5 Å². The molecule has 0 bridgehead atoms. The lowest BCUT2D eigenvalue weighted by molar-refractivity contribution is -0.122. The second-order valence-corrected chi connectivity index (χ2v) is 7.42. The average molecular weight is 375 g/mol. The van der Waals surface area contributed by atoms with Crippen molar-refractivity contribution in [1.82, 2.24) is 0 Å². The summed E-state index contributed by atoms with van der Waals surface area (Å²) in [6, 6.07) is 13.8. The highest BCUT2D eigenvalue weighted by molar-refractivity contribution is 6.22. The molecule has 0 unspecified atom stereocenters. The summed E-state index contributed by atoms with van der Waals surface area (Å²) in [4.78, 5) is 39.4. The van der Waals surface area contributed by atoms with Crippen LogP contribution in [0.4, 0.5) is 5.69 Å². The van der Waals surface area contributed by atoms with Crippen LogP contribution in [0, 0.1) is 18.8 Å². The quantitative estimate of drug-likeness (QED) is 0.351. The third-order valence-electron chi connectivity index (χ3n) is 5.47. The molecule has 5 heteroatoms. The fourth-order valence-electron chi connectivity index (χ4n) is 3.94. The number of fused-ring (bicyclic) bond motifs is 1. The summed E-state index contributed by atoms with van der Waals surface area (Å²) in [7, 11) is 0. The zero-order valence-electron chi connectivity index (χ0n) is 15.8. The first-order valence-corrected chi connectivity index (χ1v) is 9.37. The third-order valence-corrected chi connectivity index (χ3v) is 5.47. The zero-order valence-corrected chi connectivity index (χ0v) is 15.8. The highest BCUT2D eigenvalue weighted by Gasteiger charge is 2.48. The van der Waals surface area contributed by atoms with E-state index in [9.17, 15) is 14.4 Å². The maximum absolute atomic E-state index is 12.9. The summed E-state index contributed by atoms with van der Waals surface area (Å²) in [5.41, 5.74) is 2.89. The van der Waals surface area contributed by atoms with Crippen LogP contribution in [0.3, 0.4) is 0 Å². The molecule has 5 nitrogen and oxygen atoms in total. The van der Waals surface area contributed by atoms with E-state index in [0.29, 0.717) is 29.8 Å². The number of rotatable bonds is 3. The summed E-state index contributed by atoms with van der Waals surface area (Å²) < 4.78 is 5.49. The molecule has 0 radical (unpaired) electrons. The lowest BCUT2D eigenvalue weighted by Gasteiger charge is -2.18. The molecule has 142 valence electrons. The van der Waals surface area contributed by atoms with E-state index < -0.39 is 5.97 Å². The number of imide groups is 1. The lowest BCUT2D eigenvalue weighted by atomic mass is 9.82. The Morgan fingerprint density at radius 1 is 1.00 bits per heavy atom. The first kappa shape index (κ1) is 18.2. The first-order chi connectivity index (χ1) is 13.5. The average Bonchev–Trinajstić information content (AvgIpc) is 2.92. The van der Waals surface area contributed by atoms with Crippen LogP contribution in [-0.2, 0) is 9.59 Å². The molecule has 2 aromatic carbocycles. The van der Waals surface area contributed by atoms with Crippen LogP contribution >= 0.6 is 0 Å². The van der Waals surface area contributed by atoms with Gasteiger partial charge in [0.1, 0.15) is 5.75 Å². The maximum atomic E-state index is 12.9. The van der Waals surface area contributed by atoms with Crippen LogP contribution in [0.1, 0.15) is 35.7 Å². The molecule has 2 aliphatic rings. The number of ether oxygens (including phenoxy) is 1. The van der Waals surface area contributed by atoms with Gasteiger partial charge in [-0.3, -0.25) is 9.59 Å². The van der Waals surface area contributed by atoms with Gasteiger partial charge in [0.05, 0.1) is 23.1 Å². The molecule has 0 saturated carbocycles. The molecule has 1 saturated heterocycles. The summed E-state index contributed by atoms with van der Waals surface area (Å²) in [5.74, 6) is -1.12. The van der Waals surface area contributed by atoms with Crippen molar-refractivity contribution in [2.45, 2.75) is 26.7 Å². The number of hydrogen-bond donors (Lipinski definition) is 0. The topological polar surface area (TPSA) is 63.7 Å². The van der Waals surface area contributed by atoms with Gasteiger partial charge in [-0.2, -0.15) is 0 Å². The van der Waals surface area contributed by atoms with Gasteiger partial charge in [0.15, 0.2) is 0 Å². The van der Waals surface area contributed by atoms with Gasteiger partial charge < -0.3 is 4.74 Å². The minimum absolute atomic E-state index is 0.176. The van der Waals surface area contributed by atoms with Crippen molar-refractivity contribution in [3.8, 4) is 5.75 Å². The number of benzene rings is 2. The van der Waals surface area contributed by atoms with Gasteiger partial charge in [-0.25, -0.2) is 9.69 Å². The minimum atomic E-state index is -0.470. The number of allylic oxidation sites excluding steroid dienone is 2. The second kappa shape index (κ2) is 7.08. The van der Waals surface area contributed by atoms with Crippen LogP contribution < -0.4 is 9.64 Å². The number of aryl methyl sites for hydroxylation is 1. The van der Waals surface area contributed by atoms with Gasteiger partial charge >= 0.3 is 5.97 Å². The van der Waals surface area contributed by atoms with Gasteiger partial charge in [-0.1, -0.05) is 35.9 Å². The Bertz CT molecular complexity index is 1010. The van der Waals surface area contributed by atoms with E-state index in [1.165, 1.54) is 4.90 Å². The zero-order chi connectivity index (χ0) is 19.8. The van der Waals surface area contributed by atoms with Gasteiger partial charge in [0.25, 0.3) is 0 Å². The molecule has 2 aromatic rings. The monoisotopic (exact) mass is 375 g/mol. The first-order valence-electron chi connectivity index (χ1n) is 9.37. The molecular formula is C23H21NO4. The molecule has 28 heavy (non-hydrogen) atoms. The van der Waals surface area contributed by atoms with Crippen molar-refractivity contribution >= 4 is 23.5 Å². The van der Waals surface area contributed by atoms with E-state index in [1.54, 1.807) is 36.4 Å². The fourth-order valence-corrected chi connectivity index (χ4v) is 3.94. The molecule has 2 amide bonds. The summed E-state index contributed by atoms with van der Waals surface area (Å²) >= 11 is 0. The Morgan fingerprint density at radius 2 is 1.75 bits per heavy atom. The van der Waals surface area contributed by atoms with Crippen molar-refractivity contribution in [3.05, 3.63) is 71.3 Å². The van der Waals surface area contributed by atoms with Crippen molar-refractivity contribution in [3.63, 3.8) is 0 Å². The van der Waals surface area contributed by atoms with Crippen LogP contribution in [0.25, 0.3) is 0 Å². The van der Waals surface area contributed by atoms with Crippen LogP contribution in [-0.4, -0.2) is 17.8 Å². The predicted molar refractivity (Wildman–Crippen MR) is 105 cm³/mol. The fraction of sp³-hybridized carbons (Fsp3) is 0.261. The standard InChI is InChI=1S/C23H21NO4/c1-14-10-11-19-20(12-14)22(26)24(21(19)25)16-7-5-8-17(13-16)28-23(27)18-9-4-3-6-15(18)2/h3-10,13,19-20H,11-12H2,1-2H3/t19-,20-/m1/s1. The molecule has 1 aliphatic heterocycles. The van der Waals surface area contributed by atoms with Crippen molar-refractivity contribution in [2.75, 3.05) is 4.90 Å². The third kappa shape index (κ3) is 3.13. The molecule has 1 fully saturated rings. The van der Waals surface area contributed by atoms with Gasteiger partial charge in [0, 0.05) is 6.07 Å². The molecule has 2 atom stereocenters. The highest BCUT2D eigenvalue weighted by Crippen LogP contribution is 2.40. The van der Waals surface area contributed by atoms with Crippen LogP contribution in [0.2, 0.25) is 0 Å². The Labute approximate surface area is 163 Å². The summed E-state index contributed by atoms with van der Waals surface area (Å²) in [6.45, 7) is 3.83. The van der Waals surface area contributed by atoms with E-state index in [0.717, 1.165) is 11.1 Å². The molecule has 0 N–H and O–H groups in total.